The van der Waals surface area contributed by atoms with Gasteiger partial charge in [0.05, 0.1) is 31.6 Å². The van der Waals surface area contributed by atoms with Crippen molar-refractivity contribution in [3.63, 3.8) is 0 Å². The van der Waals surface area contributed by atoms with Gasteiger partial charge in [0.15, 0.2) is 5.96 Å². The Morgan fingerprint density at radius 1 is 1.28 bits per heavy atom. The molecule has 1 spiro atoms. The van der Waals surface area contributed by atoms with E-state index in [9.17, 15) is 0 Å². The zero-order valence-corrected chi connectivity index (χ0v) is 19.5. The summed E-state index contributed by atoms with van der Waals surface area (Å²) >= 11 is 0. The Labute approximate surface area is 189 Å². The maximum atomic E-state index is 5.65. The predicted molar refractivity (Wildman–Crippen MR) is 124 cm³/mol. The van der Waals surface area contributed by atoms with Crippen molar-refractivity contribution in [2.75, 3.05) is 40.0 Å². The quantitative estimate of drug-likeness (QED) is 0.380. The molecule has 2 aliphatic rings. The lowest BCUT2D eigenvalue weighted by Gasteiger charge is -2.24. The first-order valence-corrected chi connectivity index (χ1v) is 10.0. The first kappa shape index (κ1) is 21.9. The summed E-state index contributed by atoms with van der Waals surface area (Å²) in [5, 5.41) is 8.11. The first-order valence-electron chi connectivity index (χ1n) is 10.0. The Hall–Kier alpha value is -1.81. The minimum absolute atomic E-state index is 0. The molecule has 2 aromatic rings. The molecule has 7 nitrogen and oxygen atoms in total. The average Bonchev–Trinajstić information content (AvgIpc) is 3.48. The fourth-order valence-electron chi connectivity index (χ4n) is 3.99. The third-order valence-corrected chi connectivity index (χ3v) is 5.63. The van der Waals surface area contributed by atoms with E-state index in [4.69, 9.17) is 14.5 Å². The molecular formula is C21H30IN5O2. The Bertz CT molecular complexity index is 815. The molecule has 158 valence electrons. The minimum Gasteiger partial charge on any atom is -0.497 e. The smallest absolute Gasteiger partial charge is 0.194 e. The van der Waals surface area contributed by atoms with Crippen LogP contribution in [0.15, 0.2) is 41.5 Å². The molecule has 8 heteroatoms. The van der Waals surface area contributed by atoms with E-state index in [1.165, 1.54) is 6.42 Å². The molecule has 1 aromatic carbocycles. The lowest BCUT2D eigenvalue weighted by atomic mass is 9.87. The number of ether oxygens (including phenoxy) is 2. The molecule has 4 rings (SSSR count). The molecule has 1 atom stereocenters. The number of nitrogens with zero attached hydrogens (tertiary/aromatic N) is 4. The molecule has 0 amide bonds. The van der Waals surface area contributed by atoms with Crippen molar-refractivity contribution in [2.45, 2.75) is 26.3 Å². The van der Waals surface area contributed by atoms with Gasteiger partial charge in [0.1, 0.15) is 5.75 Å². The van der Waals surface area contributed by atoms with E-state index >= 15 is 0 Å². The maximum Gasteiger partial charge on any atom is 0.194 e. The lowest BCUT2D eigenvalue weighted by molar-refractivity contribution is 0.156. The molecule has 0 saturated carbocycles. The fraction of sp³-hybridized carbons (Fsp3) is 0.524. The fourth-order valence-corrected chi connectivity index (χ4v) is 3.99. The topological polar surface area (TPSA) is 63.9 Å². The number of aromatic nitrogens is 2. The van der Waals surface area contributed by atoms with E-state index in [-0.39, 0.29) is 24.0 Å². The van der Waals surface area contributed by atoms with Crippen LogP contribution in [0.4, 0.5) is 0 Å². The third kappa shape index (κ3) is 5.03. The number of hydrogen-bond acceptors (Lipinski definition) is 4. The van der Waals surface area contributed by atoms with Crippen LogP contribution >= 0.6 is 24.0 Å². The Balaban J connectivity index is 0.00000240. The molecule has 2 saturated heterocycles. The standard InChI is InChI=1S/C21H29N5O2.HI/c1-3-22-20(25-12-9-21(15-25)10-13-28-16-21)23-14-17-8-11-26(24-17)18-4-6-19(27-2)7-5-18;/h4-8,11H,3,9-10,12-16H2,1-2H3,(H,22,23);1H. The van der Waals surface area contributed by atoms with Gasteiger partial charge in [0.2, 0.25) is 0 Å². The summed E-state index contributed by atoms with van der Waals surface area (Å²) in [7, 11) is 1.67. The van der Waals surface area contributed by atoms with Gasteiger partial charge in [0, 0.05) is 37.9 Å². The van der Waals surface area contributed by atoms with E-state index in [0.29, 0.717) is 12.0 Å². The zero-order valence-electron chi connectivity index (χ0n) is 17.1. The number of rotatable bonds is 5. The van der Waals surface area contributed by atoms with Crippen molar-refractivity contribution >= 4 is 29.9 Å². The number of guanidine groups is 1. The first-order chi connectivity index (χ1) is 13.7. The second-order valence-electron chi connectivity index (χ2n) is 7.59. The van der Waals surface area contributed by atoms with Crippen molar-refractivity contribution in [1.29, 1.82) is 0 Å². The maximum absolute atomic E-state index is 5.65. The van der Waals surface area contributed by atoms with Gasteiger partial charge in [-0.3, -0.25) is 0 Å². The van der Waals surface area contributed by atoms with Crippen LogP contribution in [0.1, 0.15) is 25.5 Å². The van der Waals surface area contributed by atoms with Gasteiger partial charge in [-0.25, -0.2) is 9.67 Å². The van der Waals surface area contributed by atoms with Crippen LogP contribution in [0.25, 0.3) is 5.69 Å². The Morgan fingerprint density at radius 3 is 2.79 bits per heavy atom. The molecule has 1 aromatic heterocycles. The second kappa shape index (κ2) is 9.80. The summed E-state index contributed by atoms with van der Waals surface area (Å²) < 4.78 is 12.7. The summed E-state index contributed by atoms with van der Waals surface area (Å²) in [5.41, 5.74) is 2.28. The van der Waals surface area contributed by atoms with Gasteiger partial charge >= 0.3 is 0 Å². The Morgan fingerprint density at radius 2 is 2.10 bits per heavy atom. The number of nitrogens with one attached hydrogen (secondary N) is 1. The van der Waals surface area contributed by atoms with Gasteiger partial charge in [-0.15, -0.1) is 24.0 Å². The van der Waals surface area contributed by atoms with E-state index < -0.39 is 0 Å². The molecule has 1 unspecified atom stereocenters. The van der Waals surface area contributed by atoms with Crippen molar-refractivity contribution in [3.8, 4) is 11.4 Å². The van der Waals surface area contributed by atoms with E-state index in [2.05, 4.69) is 22.2 Å². The third-order valence-electron chi connectivity index (χ3n) is 5.63. The molecule has 2 fully saturated rings. The number of aliphatic imine (C=N–C) groups is 1. The summed E-state index contributed by atoms with van der Waals surface area (Å²) in [6, 6.07) is 9.89. The molecule has 0 bridgehead atoms. The number of halogens is 1. The SMILES string of the molecule is CCNC(=NCc1ccn(-c2ccc(OC)cc2)n1)N1CCC2(CCOC2)C1.I. The summed E-state index contributed by atoms with van der Waals surface area (Å²) in [6.07, 6.45) is 4.32. The molecule has 1 N–H and O–H groups in total. The average molecular weight is 511 g/mol. The van der Waals surface area contributed by atoms with Crippen LogP contribution in [-0.2, 0) is 11.3 Å². The van der Waals surface area contributed by atoms with E-state index in [0.717, 1.165) is 62.4 Å². The van der Waals surface area contributed by atoms with Crippen LogP contribution < -0.4 is 10.1 Å². The zero-order chi connectivity index (χ0) is 19.4. The van der Waals surface area contributed by atoms with Gasteiger partial charge in [-0.05, 0) is 50.1 Å². The highest BCUT2D eigenvalue weighted by Crippen LogP contribution is 2.38. The van der Waals surface area contributed by atoms with Crippen molar-refractivity contribution in [3.05, 3.63) is 42.2 Å². The molecular weight excluding hydrogens is 481 g/mol. The summed E-state index contributed by atoms with van der Waals surface area (Å²) in [5.74, 6) is 1.82. The lowest BCUT2D eigenvalue weighted by Crippen LogP contribution is -2.41. The summed E-state index contributed by atoms with van der Waals surface area (Å²) in [6.45, 7) is 7.37. The van der Waals surface area contributed by atoms with Crippen LogP contribution in [0.5, 0.6) is 5.75 Å². The highest BCUT2D eigenvalue weighted by molar-refractivity contribution is 14.0. The molecule has 3 heterocycles. The summed E-state index contributed by atoms with van der Waals surface area (Å²) in [4.78, 5) is 7.22. The van der Waals surface area contributed by atoms with Gasteiger partial charge < -0.3 is 19.7 Å². The molecule has 29 heavy (non-hydrogen) atoms. The van der Waals surface area contributed by atoms with Crippen LogP contribution in [-0.4, -0.2) is 60.6 Å². The van der Waals surface area contributed by atoms with Crippen molar-refractivity contribution in [1.82, 2.24) is 20.0 Å². The van der Waals surface area contributed by atoms with Crippen LogP contribution in [0.2, 0.25) is 0 Å². The number of hydrogen-bond donors (Lipinski definition) is 1. The highest BCUT2D eigenvalue weighted by atomic mass is 127. The number of likely N-dealkylation sites (tertiary alicyclic amines) is 1. The monoisotopic (exact) mass is 511 g/mol. The second-order valence-corrected chi connectivity index (χ2v) is 7.59. The van der Waals surface area contributed by atoms with Crippen molar-refractivity contribution in [2.24, 2.45) is 10.4 Å². The minimum atomic E-state index is 0. The van der Waals surface area contributed by atoms with Crippen LogP contribution in [0.3, 0.4) is 0 Å². The number of methoxy groups -OCH3 is 1. The largest absolute Gasteiger partial charge is 0.497 e. The number of benzene rings is 1. The molecule has 0 aliphatic carbocycles. The predicted octanol–water partition coefficient (Wildman–Crippen LogP) is 3.08. The van der Waals surface area contributed by atoms with E-state index in [1.807, 2.05) is 41.2 Å². The van der Waals surface area contributed by atoms with Gasteiger partial charge in [0.25, 0.3) is 0 Å². The highest BCUT2D eigenvalue weighted by Gasteiger charge is 2.42. The van der Waals surface area contributed by atoms with Gasteiger partial charge in [-0.2, -0.15) is 5.10 Å². The van der Waals surface area contributed by atoms with E-state index in [1.54, 1.807) is 7.11 Å². The van der Waals surface area contributed by atoms with Gasteiger partial charge in [-0.1, -0.05) is 0 Å². The van der Waals surface area contributed by atoms with Crippen LogP contribution in [0, 0.1) is 5.41 Å². The van der Waals surface area contributed by atoms with Crippen molar-refractivity contribution < 1.29 is 9.47 Å². The molecule has 2 aliphatic heterocycles. The Kier molecular flexibility index (Phi) is 7.39. The molecule has 0 radical (unpaired) electrons. The normalized spacial score (nSPS) is 21.4.